The van der Waals surface area contributed by atoms with E-state index in [0.717, 1.165) is 0 Å². The third kappa shape index (κ3) is 8.94. The number of hydrogen-bond acceptors (Lipinski definition) is 7. The van der Waals surface area contributed by atoms with Gasteiger partial charge in [0.15, 0.2) is 5.76 Å². The minimum absolute atomic E-state index is 0.0558. The Morgan fingerprint density at radius 3 is 2.56 bits per heavy atom. The summed E-state index contributed by atoms with van der Waals surface area (Å²) in [5, 5.41) is 17.7. The molecule has 0 aliphatic rings. The van der Waals surface area contributed by atoms with Crippen LogP contribution in [0.25, 0.3) is 0 Å². The van der Waals surface area contributed by atoms with E-state index in [4.69, 9.17) is 19.3 Å². The molecule has 0 aliphatic carbocycles. The smallest absolute Gasteiger partial charge is 0.375 e. The maximum Gasteiger partial charge on any atom is 0.375 e. The van der Waals surface area contributed by atoms with Gasteiger partial charge in [0.1, 0.15) is 6.61 Å². The Morgan fingerprint density at radius 1 is 1.28 bits per heavy atom. The second-order valence-corrected chi connectivity index (χ2v) is 3.13. The number of ether oxygens (including phenoxy) is 4. The van der Waals surface area contributed by atoms with Crippen LogP contribution in [0.1, 0.15) is 6.92 Å². The number of aliphatic hydroxyl groups excluding tert-OH is 2. The number of hydrogen-bond donors (Lipinski definition) is 2. The molecule has 0 fully saturated rings. The quantitative estimate of drug-likeness (QED) is 0.169. The molecule has 7 heteroatoms. The van der Waals surface area contributed by atoms with Crippen LogP contribution >= 0.6 is 0 Å². The Bertz CT molecular complexity index is 242. The van der Waals surface area contributed by atoms with Gasteiger partial charge in [0, 0.05) is 0 Å². The molecule has 0 radical (unpaired) electrons. The molecule has 0 aromatic carbocycles. The van der Waals surface area contributed by atoms with Gasteiger partial charge < -0.3 is 29.2 Å². The molecule has 2 N–H and O–H groups in total. The van der Waals surface area contributed by atoms with E-state index in [9.17, 15) is 9.90 Å². The van der Waals surface area contributed by atoms with E-state index in [2.05, 4.69) is 11.3 Å². The first-order valence-corrected chi connectivity index (χ1v) is 5.58. The van der Waals surface area contributed by atoms with Gasteiger partial charge in [-0.25, -0.2) is 4.79 Å². The first-order chi connectivity index (χ1) is 8.61. The average molecular weight is 264 g/mol. The van der Waals surface area contributed by atoms with Gasteiger partial charge in [-0.05, 0) is 13.5 Å². The predicted molar refractivity (Wildman–Crippen MR) is 61.6 cm³/mol. The summed E-state index contributed by atoms with van der Waals surface area (Å²) < 4.78 is 19.3. The van der Waals surface area contributed by atoms with Crippen molar-refractivity contribution in [3.63, 3.8) is 0 Å². The molecule has 0 heterocycles. The molecule has 18 heavy (non-hydrogen) atoms. The largest absolute Gasteiger partial charge is 0.487 e. The molecule has 1 atom stereocenters. The lowest BCUT2D eigenvalue weighted by Gasteiger charge is -2.13. The van der Waals surface area contributed by atoms with Crippen molar-refractivity contribution in [1.29, 1.82) is 0 Å². The van der Waals surface area contributed by atoms with Crippen LogP contribution in [0.2, 0.25) is 0 Å². The van der Waals surface area contributed by atoms with Gasteiger partial charge in [0.25, 0.3) is 0 Å². The molecule has 0 saturated carbocycles. The summed E-state index contributed by atoms with van der Waals surface area (Å²) in [5.74, 6) is -0.993. The van der Waals surface area contributed by atoms with Crippen LogP contribution in [0.4, 0.5) is 0 Å². The van der Waals surface area contributed by atoms with Crippen LogP contribution in [0.15, 0.2) is 12.3 Å². The van der Waals surface area contributed by atoms with E-state index in [1.807, 2.05) is 0 Å². The standard InChI is InChI=1S/C11H20O7/c1-3-17-9(2)11(14)18-10(13)8-16-7-6-15-5-4-12/h10,12-13H,2-8H2,1H3. The van der Waals surface area contributed by atoms with Crippen LogP contribution in [-0.4, -0.2) is 62.1 Å². The Labute approximate surface area is 106 Å². The predicted octanol–water partition coefficient (Wildman–Crippen LogP) is -0.576. The molecule has 1 unspecified atom stereocenters. The van der Waals surface area contributed by atoms with Gasteiger partial charge in [-0.15, -0.1) is 0 Å². The van der Waals surface area contributed by atoms with E-state index in [0.29, 0.717) is 6.61 Å². The highest BCUT2D eigenvalue weighted by Gasteiger charge is 2.15. The fourth-order valence-corrected chi connectivity index (χ4v) is 0.925. The molecule has 106 valence electrons. The van der Waals surface area contributed by atoms with Crippen molar-refractivity contribution in [2.75, 3.05) is 39.6 Å². The topological polar surface area (TPSA) is 94.5 Å². The van der Waals surface area contributed by atoms with Crippen molar-refractivity contribution in [2.24, 2.45) is 0 Å². The fourth-order valence-electron chi connectivity index (χ4n) is 0.925. The summed E-state index contributed by atoms with van der Waals surface area (Å²) in [6.45, 7) is 5.84. The molecule has 0 aromatic heterocycles. The second-order valence-electron chi connectivity index (χ2n) is 3.13. The summed E-state index contributed by atoms with van der Waals surface area (Å²) >= 11 is 0. The van der Waals surface area contributed by atoms with Crippen LogP contribution in [0.5, 0.6) is 0 Å². The van der Waals surface area contributed by atoms with Gasteiger partial charge in [-0.1, -0.05) is 0 Å². The Kier molecular flexibility index (Phi) is 10.3. The first kappa shape index (κ1) is 16.9. The van der Waals surface area contributed by atoms with E-state index in [-0.39, 0.29) is 38.8 Å². The van der Waals surface area contributed by atoms with Crippen molar-refractivity contribution in [3.8, 4) is 0 Å². The van der Waals surface area contributed by atoms with Crippen LogP contribution in [0, 0.1) is 0 Å². The zero-order chi connectivity index (χ0) is 13.8. The molecule has 0 saturated heterocycles. The van der Waals surface area contributed by atoms with Gasteiger partial charge in [-0.3, -0.25) is 0 Å². The lowest BCUT2D eigenvalue weighted by Crippen LogP contribution is -2.25. The number of rotatable bonds is 11. The monoisotopic (exact) mass is 264 g/mol. The minimum Gasteiger partial charge on any atom is -0.487 e. The zero-order valence-corrected chi connectivity index (χ0v) is 10.5. The second kappa shape index (κ2) is 11.0. The summed E-state index contributed by atoms with van der Waals surface area (Å²) in [6, 6.07) is 0. The average Bonchev–Trinajstić information content (AvgIpc) is 2.33. The SMILES string of the molecule is C=C(OCC)C(=O)OC(O)COCCOCCO. The van der Waals surface area contributed by atoms with Crippen molar-refractivity contribution in [3.05, 3.63) is 12.3 Å². The van der Waals surface area contributed by atoms with Crippen LogP contribution in [-0.2, 0) is 23.7 Å². The van der Waals surface area contributed by atoms with E-state index in [1.54, 1.807) is 6.92 Å². The molecule has 7 nitrogen and oxygen atoms in total. The third-order valence-electron chi connectivity index (χ3n) is 1.66. The first-order valence-electron chi connectivity index (χ1n) is 5.58. The molecule has 0 spiro atoms. The van der Waals surface area contributed by atoms with Gasteiger partial charge in [0.2, 0.25) is 6.29 Å². The Balaban J connectivity index is 3.55. The lowest BCUT2D eigenvalue weighted by atomic mass is 10.5. The summed E-state index contributed by atoms with van der Waals surface area (Å²) in [7, 11) is 0. The molecule has 0 aromatic rings. The van der Waals surface area contributed by atoms with Crippen LogP contribution in [0.3, 0.4) is 0 Å². The number of esters is 1. The highest BCUT2D eigenvalue weighted by atomic mass is 16.7. The van der Waals surface area contributed by atoms with E-state index in [1.165, 1.54) is 0 Å². The lowest BCUT2D eigenvalue weighted by molar-refractivity contribution is -0.176. The highest BCUT2D eigenvalue weighted by molar-refractivity contribution is 5.85. The highest BCUT2D eigenvalue weighted by Crippen LogP contribution is 2.00. The number of carbonyl (C=O) groups excluding carboxylic acids is 1. The maximum absolute atomic E-state index is 11.2. The molecule has 0 aliphatic heterocycles. The molecular formula is C11H20O7. The number of aliphatic hydroxyl groups is 2. The molecular weight excluding hydrogens is 244 g/mol. The third-order valence-corrected chi connectivity index (χ3v) is 1.66. The fraction of sp³-hybridized carbons (Fsp3) is 0.727. The molecule has 0 amide bonds. The van der Waals surface area contributed by atoms with E-state index >= 15 is 0 Å². The molecule has 0 bridgehead atoms. The van der Waals surface area contributed by atoms with Crippen molar-refractivity contribution in [1.82, 2.24) is 0 Å². The summed E-state index contributed by atoms with van der Waals surface area (Å²) in [5.41, 5.74) is 0. The minimum atomic E-state index is -1.38. The summed E-state index contributed by atoms with van der Waals surface area (Å²) in [4.78, 5) is 11.2. The number of carbonyl (C=O) groups is 1. The normalized spacial score (nSPS) is 11.9. The van der Waals surface area contributed by atoms with Gasteiger partial charge in [0.05, 0.1) is 33.0 Å². The van der Waals surface area contributed by atoms with Gasteiger partial charge in [-0.2, -0.15) is 0 Å². The Morgan fingerprint density at radius 2 is 1.94 bits per heavy atom. The zero-order valence-electron chi connectivity index (χ0n) is 10.5. The summed E-state index contributed by atoms with van der Waals surface area (Å²) in [6.07, 6.45) is -1.38. The van der Waals surface area contributed by atoms with Crippen molar-refractivity contribution in [2.45, 2.75) is 13.2 Å². The Hall–Kier alpha value is -1.15. The van der Waals surface area contributed by atoms with Gasteiger partial charge >= 0.3 is 5.97 Å². The van der Waals surface area contributed by atoms with Crippen molar-refractivity contribution >= 4 is 5.97 Å². The van der Waals surface area contributed by atoms with Crippen molar-refractivity contribution < 1.29 is 34.0 Å². The maximum atomic E-state index is 11.2. The molecule has 0 rings (SSSR count). The van der Waals surface area contributed by atoms with E-state index < -0.39 is 12.3 Å². The van der Waals surface area contributed by atoms with Crippen LogP contribution < -0.4 is 0 Å².